The van der Waals surface area contributed by atoms with Crippen molar-refractivity contribution in [2.75, 3.05) is 0 Å². The van der Waals surface area contributed by atoms with Gasteiger partial charge in [-0.25, -0.2) is 0 Å². The van der Waals surface area contributed by atoms with Crippen LogP contribution in [-0.2, 0) is 0 Å². The van der Waals surface area contributed by atoms with Crippen LogP contribution in [0, 0.1) is 13.8 Å². The van der Waals surface area contributed by atoms with Gasteiger partial charge in [0.25, 0.3) is 0 Å². The van der Waals surface area contributed by atoms with Crippen LogP contribution < -0.4 is 0 Å². The molecule has 0 aliphatic carbocycles. The molecule has 1 N–H and O–H groups in total. The maximum atomic E-state index is 9.71. The van der Waals surface area contributed by atoms with E-state index < -0.39 is 6.10 Å². The molecule has 1 atom stereocenters. The second kappa shape index (κ2) is 3.75. The SMILES string of the molecule is C=C(C)C(O)c1ccc(C)c(C)c1. The highest BCUT2D eigenvalue weighted by Gasteiger charge is 2.07. The predicted molar refractivity (Wildman–Crippen MR) is 55.7 cm³/mol. The average Bonchev–Trinajstić information content (AvgIpc) is 2.08. The van der Waals surface area contributed by atoms with Gasteiger partial charge < -0.3 is 5.11 Å². The minimum absolute atomic E-state index is 0.528. The molecule has 0 saturated heterocycles. The fourth-order valence-corrected chi connectivity index (χ4v) is 1.22. The Kier molecular flexibility index (Phi) is 2.89. The van der Waals surface area contributed by atoms with Crippen molar-refractivity contribution in [3.05, 3.63) is 47.0 Å². The molecule has 13 heavy (non-hydrogen) atoms. The monoisotopic (exact) mass is 176 g/mol. The van der Waals surface area contributed by atoms with Crippen LogP contribution >= 0.6 is 0 Å². The third-order valence-electron chi connectivity index (χ3n) is 2.31. The Morgan fingerprint density at radius 2 is 1.92 bits per heavy atom. The second-order valence-corrected chi connectivity index (χ2v) is 3.59. The van der Waals surface area contributed by atoms with Crippen LogP contribution in [0.15, 0.2) is 30.4 Å². The van der Waals surface area contributed by atoms with E-state index in [-0.39, 0.29) is 0 Å². The molecule has 0 aliphatic heterocycles. The largest absolute Gasteiger partial charge is 0.384 e. The lowest BCUT2D eigenvalue weighted by atomic mass is 9.99. The van der Waals surface area contributed by atoms with Gasteiger partial charge in [0.15, 0.2) is 0 Å². The lowest BCUT2D eigenvalue weighted by molar-refractivity contribution is 0.216. The Labute approximate surface area is 79.7 Å². The molecule has 0 aromatic heterocycles. The van der Waals surface area contributed by atoms with Crippen LogP contribution in [0.1, 0.15) is 29.7 Å². The maximum Gasteiger partial charge on any atom is 0.0995 e. The zero-order chi connectivity index (χ0) is 10.0. The van der Waals surface area contributed by atoms with E-state index in [2.05, 4.69) is 13.5 Å². The van der Waals surface area contributed by atoms with E-state index in [0.717, 1.165) is 11.1 Å². The highest BCUT2D eigenvalue weighted by molar-refractivity contribution is 5.33. The van der Waals surface area contributed by atoms with Crippen LogP contribution in [0.5, 0.6) is 0 Å². The van der Waals surface area contributed by atoms with E-state index in [9.17, 15) is 5.11 Å². The normalized spacial score (nSPS) is 12.6. The second-order valence-electron chi connectivity index (χ2n) is 3.59. The van der Waals surface area contributed by atoms with Crippen LogP contribution in [-0.4, -0.2) is 5.11 Å². The minimum atomic E-state index is -0.528. The van der Waals surface area contributed by atoms with Crippen LogP contribution in [0.25, 0.3) is 0 Å². The number of hydrogen-bond donors (Lipinski definition) is 1. The molecule has 0 radical (unpaired) electrons. The molecule has 1 heteroatoms. The Bertz CT molecular complexity index is 326. The average molecular weight is 176 g/mol. The van der Waals surface area contributed by atoms with Crippen molar-refractivity contribution < 1.29 is 5.11 Å². The molecule has 0 heterocycles. The van der Waals surface area contributed by atoms with Gasteiger partial charge in [-0.15, -0.1) is 0 Å². The standard InChI is InChI=1S/C12H16O/c1-8(2)12(13)11-6-5-9(3)10(4)7-11/h5-7,12-13H,1H2,2-4H3. The van der Waals surface area contributed by atoms with Gasteiger partial charge in [0.05, 0.1) is 6.10 Å². The quantitative estimate of drug-likeness (QED) is 0.687. The molecular weight excluding hydrogens is 160 g/mol. The van der Waals surface area contributed by atoms with Gasteiger partial charge in [-0.05, 0) is 43.0 Å². The third kappa shape index (κ3) is 2.19. The lowest BCUT2D eigenvalue weighted by Gasteiger charge is -2.12. The highest BCUT2D eigenvalue weighted by Crippen LogP contribution is 2.21. The van der Waals surface area contributed by atoms with Gasteiger partial charge in [0, 0.05) is 0 Å². The smallest absolute Gasteiger partial charge is 0.0995 e. The van der Waals surface area contributed by atoms with Crippen molar-refractivity contribution in [1.29, 1.82) is 0 Å². The summed E-state index contributed by atoms with van der Waals surface area (Å²) in [5, 5.41) is 9.71. The fourth-order valence-electron chi connectivity index (χ4n) is 1.22. The van der Waals surface area contributed by atoms with E-state index in [4.69, 9.17) is 0 Å². The van der Waals surface area contributed by atoms with Crippen molar-refractivity contribution in [3.8, 4) is 0 Å². The zero-order valence-corrected chi connectivity index (χ0v) is 8.46. The van der Waals surface area contributed by atoms with Gasteiger partial charge in [0.2, 0.25) is 0 Å². The first-order chi connectivity index (χ1) is 6.02. The van der Waals surface area contributed by atoms with E-state index in [1.807, 2.05) is 32.0 Å². The summed E-state index contributed by atoms with van der Waals surface area (Å²) >= 11 is 0. The molecular formula is C12H16O. The maximum absolute atomic E-state index is 9.71. The van der Waals surface area contributed by atoms with Crippen molar-refractivity contribution >= 4 is 0 Å². The molecule has 70 valence electrons. The van der Waals surface area contributed by atoms with Crippen molar-refractivity contribution in [2.24, 2.45) is 0 Å². The first kappa shape index (κ1) is 10.0. The van der Waals surface area contributed by atoms with Gasteiger partial charge in [-0.3, -0.25) is 0 Å². The van der Waals surface area contributed by atoms with Gasteiger partial charge in [-0.2, -0.15) is 0 Å². The Balaban J connectivity index is 3.03. The Hall–Kier alpha value is -1.08. The van der Waals surface area contributed by atoms with Crippen molar-refractivity contribution in [3.63, 3.8) is 0 Å². The van der Waals surface area contributed by atoms with Gasteiger partial charge in [0.1, 0.15) is 0 Å². The molecule has 0 aliphatic rings. The van der Waals surface area contributed by atoms with Crippen molar-refractivity contribution in [2.45, 2.75) is 26.9 Å². The molecule has 1 unspecified atom stereocenters. The molecule has 1 aromatic carbocycles. The summed E-state index contributed by atoms with van der Waals surface area (Å²) in [4.78, 5) is 0. The number of rotatable bonds is 2. The molecule has 1 aromatic rings. The van der Waals surface area contributed by atoms with Crippen LogP contribution in [0.3, 0.4) is 0 Å². The summed E-state index contributed by atoms with van der Waals surface area (Å²) in [5.41, 5.74) is 4.16. The molecule has 1 nitrogen and oxygen atoms in total. The van der Waals surface area contributed by atoms with Gasteiger partial charge in [-0.1, -0.05) is 24.8 Å². The number of hydrogen-bond acceptors (Lipinski definition) is 1. The summed E-state index contributed by atoms with van der Waals surface area (Å²) in [5.74, 6) is 0. The van der Waals surface area contributed by atoms with E-state index in [0.29, 0.717) is 0 Å². The summed E-state index contributed by atoms with van der Waals surface area (Å²) in [6, 6.07) is 5.98. The van der Waals surface area contributed by atoms with E-state index in [1.165, 1.54) is 11.1 Å². The molecule has 0 bridgehead atoms. The summed E-state index contributed by atoms with van der Waals surface area (Å²) in [6.45, 7) is 9.67. The van der Waals surface area contributed by atoms with E-state index >= 15 is 0 Å². The van der Waals surface area contributed by atoms with Crippen LogP contribution in [0.4, 0.5) is 0 Å². The zero-order valence-electron chi connectivity index (χ0n) is 8.46. The first-order valence-electron chi connectivity index (χ1n) is 4.43. The molecule has 0 saturated carbocycles. The summed E-state index contributed by atoms with van der Waals surface area (Å²) in [7, 11) is 0. The number of benzene rings is 1. The topological polar surface area (TPSA) is 20.2 Å². The molecule has 0 amide bonds. The number of aryl methyl sites for hydroxylation is 2. The molecule has 1 rings (SSSR count). The lowest BCUT2D eigenvalue weighted by Crippen LogP contribution is -1.98. The first-order valence-corrected chi connectivity index (χ1v) is 4.43. The minimum Gasteiger partial charge on any atom is -0.384 e. The summed E-state index contributed by atoms with van der Waals surface area (Å²) < 4.78 is 0. The molecule has 0 fully saturated rings. The molecule has 0 spiro atoms. The van der Waals surface area contributed by atoms with E-state index in [1.54, 1.807) is 0 Å². The fraction of sp³-hybridized carbons (Fsp3) is 0.333. The van der Waals surface area contributed by atoms with Crippen LogP contribution in [0.2, 0.25) is 0 Å². The number of aliphatic hydroxyl groups is 1. The van der Waals surface area contributed by atoms with Gasteiger partial charge >= 0.3 is 0 Å². The highest BCUT2D eigenvalue weighted by atomic mass is 16.3. The third-order valence-corrected chi connectivity index (χ3v) is 2.31. The Morgan fingerprint density at radius 1 is 1.31 bits per heavy atom. The summed E-state index contributed by atoms with van der Waals surface area (Å²) in [6.07, 6.45) is -0.528. The number of aliphatic hydroxyl groups excluding tert-OH is 1. The predicted octanol–water partition coefficient (Wildman–Crippen LogP) is 2.91. The van der Waals surface area contributed by atoms with Crippen molar-refractivity contribution in [1.82, 2.24) is 0 Å². The Morgan fingerprint density at radius 3 is 2.38 bits per heavy atom.